The Kier molecular flexibility index (Phi) is 5.74. The lowest BCUT2D eigenvalue weighted by Gasteiger charge is -2.35. The molecule has 1 aliphatic rings. The van der Waals surface area contributed by atoms with Crippen LogP contribution < -0.4 is 4.74 Å². The summed E-state index contributed by atoms with van der Waals surface area (Å²) in [6.45, 7) is 3.85. The summed E-state index contributed by atoms with van der Waals surface area (Å²) in [5.41, 5.74) is 0.664. The van der Waals surface area contributed by atoms with Crippen LogP contribution in [-0.4, -0.2) is 32.3 Å². The summed E-state index contributed by atoms with van der Waals surface area (Å²) in [6, 6.07) is 4.41. The van der Waals surface area contributed by atoms with E-state index in [-0.39, 0.29) is 30.9 Å². The minimum Gasteiger partial charge on any atom is -0.497 e. The van der Waals surface area contributed by atoms with E-state index in [1.807, 2.05) is 0 Å². The fraction of sp³-hybridized carbons (Fsp3) is 0.562. The SMILES string of the molecule is CCOC(=O)CC(CC1OC(C)O1)c1cc(F)cc(OC)c1. The third-order valence-electron chi connectivity index (χ3n) is 3.48. The van der Waals surface area contributed by atoms with E-state index in [2.05, 4.69) is 0 Å². The zero-order chi connectivity index (χ0) is 16.1. The van der Waals surface area contributed by atoms with Crippen LogP contribution in [0, 0.1) is 5.82 Å². The molecule has 0 bridgehead atoms. The molecule has 1 atom stereocenters. The molecule has 0 aromatic heterocycles. The van der Waals surface area contributed by atoms with Gasteiger partial charge in [-0.25, -0.2) is 4.39 Å². The van der Waals surface area contributed by atoms with Crippen molar-refractivity contribution in [2.24, 2.45) is 0 Å². The summed E-state index contributed by atoms with van der Waals surface area (Å²) >= 11 is 0. The third-order valence-corrected chi connectivity index (χ3v) is 3.48. The Labute approximate surface area is 129 Å². The normalized spacial score (nSPS) is 21.8. The molecule has 0 radical (unpaired) electrons. The Balaban J connectivity index is 2.14. The van der Waals surface area contributed by atoms with Crippen molar-refractivity contribution in [3.8, 4) is 5.75 Å². The molecule has 1 aromatic carbocycles. The average molecular weight is 312 g/mol. The quantitative estimate of drug-likeness (QED) is 0.725. The van der Waals surface area contributed by atoms with Crippen molar-refractivity contribution in [3.63, 3.8) is 0 Å². The molecule has 0 amide bonds. The molecule has 0 saturated carbocycles. The molecule has 6 heteroatoms. The van der Waals surface area contributed by atoms with E-state index in [1.165, 1.54) is 19.2 Å². The van der Waals surface area contributed by atoms with Crippen LogP contribution in [0.2, 0.25) is 0 Å². The smallest absolute Gasteiger partial charge is 0.306 e. The van der Waals surface area contributed by atoms with Gasteiger partial charge in [-0.15, -0.1) is 0 Å². The first-order valence-electron chi connectivity index (χ1n) is 7.32. The lowest BCUT2D eigenvalue weighted by molar-refractivity contribution is -0.378. The van der Waals surface area contributed by atoms with Crippen LogP contribution in [-0.2, 0) is 19.0 Å². The van der Waals surface area contributed by atoms with E-state index in [4.69, 9.17) is 18.9 Å². The number of carbonyl (C=O) groups is 1. The molecule has 1 unspecified atom stereocenters. The first-order chi connectivity index (χ1) is 10.5. The Morgan fingerprint density at radius 2 is 2.09 bits per heavy atom. The third kappa shape index (κ3) is 4.42. The standard InChI is InChI=1S/C16H21FO5/c1-4-20-15(18)7-12(8-16-21-10(2)22-16)11-5-13(17)9-14(6-11)19-3/h5-6,9-10,12,16H,4,7-8H2,1-3H3. The second kappa shape index (κ2) is 7.56. The van der Waals surface area contributed by atoms with E-state index >= 15 is 0 Å². The summed E-state index contributed by atoms with van der Waals surface area (Å²) in [7, 11) is 1.47. The number of hydrogen-bond acceptors (Lipinski definition) is 5. The van der Waals surface area contributed by atoms with Crippen LogP contribution >= 0.6 is 0 Å². The molecule has 1 aliphatic heterocycles. The van der Waals surface area contributed by atoms with Gasteiger partial charge >= 0.3 is 5.97 Å². The van der Waals surface area contributed by atoms with Crippen LogP contribution in [0.3, 0.4) is 0 Å². The summed E-state index contributed by atoms with van der Waals surface area (Å²) in [4.78, 5) is 11.8. The van der Waals surface area contributed by atoms with Crippen LogP contribution in [0.4, 0.5) is 4.39 Å². The molecule has 122 valence electrons. The molecule has 0 N–H and O–H groups in total. The molecule has 1 heterocycles. The van der Waals surface area contributed by atoms with Crippen LogP contribution in [0.5, 0.6) is 5.75 Å². The fourth-order valence-corrected chi connectivity index (χ4v) is 2.48. The highest BCUT2D eigenvalue weighted by molar-refractivity contribution is 5.70. The number of benzene rings is 1. The van der Waals surface area contributed by atoms with Crippen molar-refractivity contribution in [2.45, 2.75) is 45.2 Å². The van der Waals surface area contributed by atoms with Crippen molar-refractivity contribution in [2.75, 3.05) is 13.7 Å². The van der Waals surface area contributed by atoms with Crippen LogP contribution in [0.15, 0.2) is 18.2 Å². The van der Waals surface area contributed by atoms with Crippen molar-refractivity contribution < 1.29 is 28.1 Å². The Bertz CT molecular complexity index is 513. The van der Waals surface area contributed by atoms with Gasteiger partial charge in [0.2, 0.25) is 0 Å². The number of methoxy groups -OCH3 is 1. The predicted octanol–water partition coefficient (Wildman–Crippen LogP) is 2.98. The molecule has 1 fully saturated rings. The lowest BCUT2D eigenvalue weighted by Crippen LogP contribution is -2.39. The number of rotatable bonds is 7. The van der Waals surface area contributed by atoms with E-state index in [0.717, 1.165) is 0 Å². The topological polar surface area (TPSA) is 54.0 Å². The zero-order valence-electron chi connectivity index (χ0n) is 13.0. The maximum Gasteiger partial charge on any atom is 0.306 e. The fourth-order valence-electron chi connectivity index (χ4n) is 2.48. The molecular formula is C16H21FO5. The minimum atomic E-state index is -0.410. The highest BCUT2D eigenvalue weighted by Gasteiger charge is 2.31. The highest BCUT2D eigenvalue weighted by atomic mass is 19.1. The van der Waals surface area contributed by atoms with Gasteiger partial charge in [-0.05, 0) is 37.5 Å². The lowest BCUT2D eigenvalue weighted by atomic mass is 9.91. The molecule has 1 aromatic rings. The highest BCUT2D eigenvalue weighted by Crippen LogP contribution is 2.33. The number of ether oxygens (including phenoxy) is 4. The monoisotopic (exact) mass is 312 g/mol. The second-order valence-corrected chi connectivity index (χ2v) is 5.14. The summed E-state index contributed by atoms with van der Waals surface area (Å²) in [5.74, 6) is -0.594. The van der Waals surface area contributed by atoms with E-state index in [0.29, 0.717) is 24.3 Å². The molecule has 0 spiro atoms. The van der Waals surface area contributed by atoms with Crippen molar-refractivity contribution in [3.05, 3.63) is 29.6 Å². The maximum atomic E-state index is 13.7. The largest absolute Gasteiger partial charge is 0.497 e. The number of carbonyl (C=O) groups excluding carboxylic acids is 1. The van der Waals surface area contributed by atoms with Crippen molar-refractivity contribution in [1.82, 2.24) is 0 Å². The van der Waals surface area contributed by atoms with E-state index < -0.39 is 5.82 Å². The van der Waals surface area contributed by atoms with Crippen LogP contribution in [0.25, 0.3) is 0 Å². The zero-order valence-corrected chi connectivity index (χ0v) is 13.0. The summed E-state index contributed by atoms with van der Waals surface area (Å²) < 4.78 is 34.6. The maximum absolute atomic E-state index is 13.7. The molecule has 5 nitrogen and oxygen atoms in total. The van der Waals surface area contributed by atoms with Gasteiger partial charge in [-0.2, -0.15) is 0 Å². The summed E-state index contributed by atoms with van der Waals surface area (Å²) in [5, 5.41) is 0. The molecule has 22 heavy (non-hydrogen) atoms. The number of halogens is 1. The van der Waals surface area contributed by atoms with Gasteiger partial charge in [-0.3, -0.25) is 4.79 Å². The van der Waals surface area contributed by atoms with E-state index in [9.17, 15) is 9.18 Å². The molecule has 0 aliphatic carbocycles. The predicted molar refractivity (Wildman–Crippen MR) is 77.0 cm³/mol. The summed E-state index contributed by atoms with van der Waals surface area (Å²) in [6.07, 6.45) is -0.0349. The number of hydrogen-bond donors (Lipinski definition) is 0. The van der Waals surface area contributed by atoms with Gasteiger partial charge in [0.1, 0.15) is 11.6 Å². The van der Waals surface area contributed by atoms with Gasteiger partial charge in [0, 0.05) is 12.5 Å². The van der Waals surface area contributed by atoms with Gasteiger partial charge in [0.15, 0.2) is 12.6 Å². The average Bonchev–Trinajstić information content (AvgIpc) is 2.44. The van der Waals surface area contributed by atoms with Gasteiger partial charge in [0.25, 0.3) is 0 Å². The van der Waals surface area contributed by atoms with Crippen LogP contribution in [0.1, 0.15) is 38.2 Å². The van der Waals surface area contributed by atoms with Gasteiger partial charge in [-0.1, -0.05) is 0 Å². The van der Waals surface area contributed by atoms with Gasteiger partial charge in [0.05, 0.1) is 20.1 Å². The first-order valence-corrected chi connectivity index (χ1v) is 7.32. The minimum absolute atomic E-state index is 0.137. The van der Waals surface area contributed by atoms with E-state index in [1.54, 1.807) is 19.9 Å². The van der Waals surface area contributed by atoms with Gasteiger partial charge < -0.3 is 18.9 Å². The van der Waals surface area contributed by atoms with Crippen molar-refractivity contribution >= 4 is 5.97 Å². The Morgan fingerprint density at radius 3 is 2.68 bits per heavy atom. The Hall–Kier alpha value is -1.66. The molecule has 1 saturated heterocycles. The second-order valence-electron chi connectivity index (χ2n) is 5.14. The molecule has 2 rings (SSSR count). The van der Waals surface area contributed by atoms with Crippen molar-refractivity contribution in [1.29, 1.82) is 0 Å². The Morgan fingerprint density at radius 1 is 1.36 bits per heavy atom. The number of esters is 1. The molecular weight excluding hydrogens is 291 g/mol. The first kappa shape index (κ1) is 16.7.